The van der Waals surface area contributed by atoms with Crippen molar-refractivity contribution in [3.63, 3.8) is 0 Å². The monoisotopic (exact) mass is 258 g/mol. The second-order valence-corrected chi connectivity index (χ2v) is 5.79. The number of benzene rings is 1. The van der Waals surface area contributed by atoms with Crippen molar-refractivity contribution in [2.75, 3.05) is 0 Å². The van der Waals surface area contributed by atoms with Crippen molar-refractivity contribution < 1.29 is 0 Å². The molecular weight excluding hydrogens is 240 g/mol. The van der Waals surface area contributed by atoms with Crippen molar-refractivity contribution in [2.24, 2.45) is 17.8 Å². The maximum absolute atomic E-state index is 2.39. The Kier molecular flexibility index (Phi) is 2.81. The Balaban J connectivity index is 1.89. The third-order valence-electron chi connectivity index (χ3n) is 4.70. The predicted molar refractivity (Wildman–Crippen MR) is 85.2 cm³/mol. The van der Waals surface area contributed by atoms with E-state index in [2.05, 4.69) is 85.0 Å². The normalized spacial score (nSPS) is 34.6. The Morgan fingerprint density at radius 3 is 2.35 bits per heavy atom. The molecular formula is C20H18. The molecule has 0 aliphatic heterocycles. The van der Waals surface area contributed by atoms with E-state index in [0.29, 0.717) is 23.7 Å². The first-order valence-electron chi connectivity index (χ1n) is 7.40. The summed E-state index contributed by atoms with van der Waals surface area (Å²) in [6, 6.07) is 8.81. The summed E-state index contributed by atoms with van der Waals surface area (Å²) in [5, 5.41) is 0. The van der Waals surface area contributed by atoms with Gasteiger partial charge in [-0.05, 0) is 23.0 Å². The van der Waals surface area contributed by atoms with Crippen molar-refractivity contribution in [1.29, 1.82) is 0 Å². The first-order chi connectivity index (χ1) is 9.93. The van der Waals surface area contributed by atoms with Crippen LogP contribution < -0.4 is 0 Å². The molecule has 98 valence electrons. The smallest absolute Gasteiger partial charge is 0.00959 e. The molecule has 0 bridgehead atoms. The number of allylic oxidation sites excluding steroid dienone is 9. The highest BCUT2D eigenvalue weighted by Crippen LogP contribution is 2.43. The van der Waals surface area contributed by atoms with Gasteiger partial charge in [0.25, 0.3) is 0 Å². The van der Waals surface area contributed by atoms with Crippen LogP contribution in [-0.2, 0) is 0 Å². The SMILES string of the molecule is C1=CC2/C=C\c3ccccc3C3C=CC=CC3C2C=C1. The molecule has 4 unspecified atom stereocenters. The number of hydrogen-bond donors (Lipinski definition) is 0. The van der Waals surface area contributed by atoms with Gasteiger partial charge >= 0.3 is 0 Å². The predicted octanol–water partition coefficient (Wildman–Crippen LogP) is 4.90. The lowest BCUT2D eigenvalue weighted by molar-refractivity contribution is 0.382. The highest BCUT2D eigenvalue weighted by Gasteiger charge is 2.33. The minimum atomic E-state index is 0.491. The van der Waals surface area contributed by atoms with Crippen LogP contribution in [0.1, 0.15) is 17.0 Å². The van der Waals surface area contributed by atoms with Crippen LogP contribution in [0.4, 0.5) is 0 Å². The highest BCUT2D eigenvalue weighted by molar-refractivity contribution is 5.58. The lowest BCUT2D eigenvalue weighted by Gasteiger charge is -2.36. The van der Waals surface area contributed by atoms with Gasteiger partial charge in [-0.15, -0.1) is 0 Å². The lowest BCUT2D eigenvalue weighted by atomic mass is 9.67. The van der Waals surface area contributed by atoms with Crippen LogP contribution in [0.5, 0.6) is 0 Å². The van der Waals surface area contributed by atoms with Gasteiger partial charge in [-0.2, -0.15) is 0 Å². The summed E-state index contributed by atoms with van der Waals surface area (Å²) in [5.74, 6) is 2.12. The van der Waals surface area contributed by atoms with Gasteiger partial charge in [-0.1, -0.05) is 85.0 Å². The molecule has 0 N–H and O–H groups in total. The zero-order valence-corrected chi connectivity index (χ0v) is 11.4. The van der Waals surface area contributed by atoms with Crippen molar-refractivity contribution in [3.8, 4) is 0 Å². The fourth-order valence-corrected chi connectivity index (χ4v) is 3.70. The fraction of sp³-hybridized carbons (Fsp3) is 0.200. The van der Waals surface area contributed by atoms with Gasteiger partial charge < -0.3 is 0 Å². The van der Waals surface area contributed by atoms with Crippen molar-refractivity contribution in [1.82, 2.24) is 0 Å². The maximum Gasteiger partial charge on any atom is 0.00959 e. The van der Waals surface area contributed by atoms with Crippen LogP contribution in [0, 0.1) is 17.8 Å². The van der Waals surface area contributed by atoms with Crippen LogP contribution >= 0.6 is 0 Å². The second-order valence-electron chi connectivity index (χ2n) is 5.79. The first kappa shape index (κ1) is 11.7. The van der Waals surface area contributed by atoms with E-state index in [-0.39, 0.29) is 0 Å². The summed E-state index contributed by atoms with van der Waals surface area (Å²) >= 11 is 0. The average Bonchev–Trinajstić information content (AvgIpc) is 2.52. The van der Waals surface area contributed by atoms with E-state index in [4.69, 9.17) is 0 Å². The van der Waals surface area contributed by atoms with Gasteiger partial charge in [0.2, 0.25) is 0 Å². The quantitative estimate of drug-likeness (QED) is 0.621. The van der Waals surface area contributed by atoms with Gasteiger partial charge in [0.1, 0.15) is 0 Å². The number of rotatable bonds is 0. The van der Waals surface area contributed by atoms with Crippen LogP contribution in [0.25, 0.3) is 6.08 Å². The second kappa shape index (κ2) is 4.79. The molecule has 0 nitrogen and oxygen atoms in total. The van der Waals surface area contributed by atoms with Crippen molar-refractivity contribution in [3.05, 3.63) is 90.1 Å². The summed E-state index contributed by atoms with van der Waals surface area (Å²) in [4.78, 5) is 0. The van der Waals surface area contributed by atoms with E-state index in [0.717, 1.165) is 0 Å². The molecule has 1 aromatic carbocycles. The summed E-state index contributed by atoms with van der Waals surface area (Å²) in [7, 11) is 0. The van der Waals surface area contributed by atoms with Crippen LogP contribution in [-0.4, -0.2) is 0 Å². The van der Waals surface area contributed by atoms with Crippen LogP contribution in [0.15, 0.2) is 78.9 Å². The molecule has 20 heavy (non-hydrogen) atoms. The largest absolute Gasteiger partial charge is 0.0799 e. The molecule has 4 rings (SSSR count). The van der Waals surface area contributed by atoms with E-state index in [9.17, 15) is 0 Å². The Hall–Kier alpha value is -2.08. The third-order valence-corrected chi connectivity index (χ3v) is 4.70. The Labute approximate surface area is 120 Å². The minimum absolute atomic E-state index is 0.491. The van der Waals surface area contributed by atoms with Gasteiger partial charge in [0.05, 0.1) is 0 Å². The number of fused-ring (bicyclic) bond motifs is 5. The van der Waals surface area contributed by atoms with E-state index in [1.807, 2.05) is 0 Å². The van der Waals surface area contributed by atoms with Gasteiger partial charge in [0.15, 0.2) is 0 Å². The molecule has 0 spiro atoms. The average molecular weight is 258 g/mol. The molecule has 0 saturated carbocycles. The zero-order valence-electron chi connectivity index (χ0n) is 11.4. The standard InChI is InChI=1S/C20H18/c1-3-9-17-15(7-1)13-14-16-8-2-4-10-18(16)20-12-6-5-11-19(17)20/h1-15,17,19-20H/b14-13-. The van der Waals surface area contributed by atoms with E-state index < -0.39 is 0 Å². The third kappa shape index (κ3) is 1.84. The Bertz CT molecular complexity index is 654. The number of hydrogen-bond acceptors (Lipinski definition) is 0. The van der Waals surface area contributed by atoms with Gasteiger partial charge in [0, 0.05) is 11.8 Å². The minimum Gasteiger partial charge on any atom is -0.0799 e. The highest BCUT2D eigenvalue weighted by atomic mass is 14.4. The molecule has 3 aliphatic carbocycles. The lowest BCUT2D eigenvalue weighted by Crippen LogP contribution is -2.27. The molecule has 3 aliphatic rings. The summed E-state index contributed by atoms with van der Waals surface area (Å²) in [5.41, 5.74) is 2.82. The molecule has 4 atom stereocenters. The Morgan fingerprint density at radius 2 is 1.40 bits per heavy atom. The Morgan fingerprint density at radius 1 is 0.650 bits per heavy atom. The van der Waals surface area contributed by atoms with Crippen molar-refractivity contribution in [2.45, 2.75) is 5.92 Å². The fourth-order valence-electron chi connectivity index (χ4n) is 3.70. The van der Waals surface area contributed by atoms with Crippen LogP contribution in [0.2, 0.25) is 0 Å². The molecule has 1 aromatic rings. The summed E-state index contributed by atoms with van der Waals surface area (Å²) in [6.45, 7) is 0. The van der Waals surface area contributed by atoms with Crippen LogP contribution in [0.3, 0.4) is 0 Å². The topological polar surface area (TPSA) is 0 Å². The van der Waals surface area contributed by atoms with E-state index in [1.165, 1.54) is 11.1 Å². The summed E-state index contributed by atoms with van der Waals surface area (Å²) in [6.07, 6.45) is 22.9. The van der Waals surface area contributed by atoms with E-state index >= 15 is 0 Å². The molecule has 0 saturated heterocycles. The van der Waals surface area contributed by atoms with E-state index in [1.54, 1.807) is 0 Å². The summed E-state index contributed by atoms with van der Waals surface area (Å²) < 4.78 is 0. The maximum atomic E-state index is 2.39. The molecule has 0 radical (unpaired) electrons. The first-order valence-corrected chi connectivity index (χ1v) is 7.40. The van der Waals surface area contributed by atoms with Gasteiger partial charge in [-0.3, -0.25) is 0 Å². The zero-order chi connectivity index (χ0) is 13.4. The van der Waals surface area contributed by atoms with Crippen molar-refractivity contribution >= 4 is 6.08 Å². The van der Waals surface area contributed by atoms with Gasteiger partial charge in [-0.25, -0.2) is 0 Å². The molecule has 0 amide bonds. The molecule has 0 heterocycles. The molecule has 0 aromatic heterocycles. The molecule has 0 heteroatoms. The molecule has 0 fully saturated rings.